The van der Waals surface area contributed by atoms with E-state index in [2.05, 4.69) is 77.6 Å². The van der Waals surface area contributed by atoms with Crippen LogP contribution in [-0.2, 0) is 22.2 Å². The molecule has 0 radical (unpaired) electrons. The third kappa shape index (κ3) is 4.73. The van der Waals surface area contributed by atoms with Gasteiger partial charge in [-0.05, 0) is 48.4 Å². The lowest BCUT2D eigenvalue weighted by Crippen LogP contribution is -2.10. The summed E-state index contributed by atoms with van der Waals surface area (Å²) in [4.78, 5) is 10.7. The molecule has 0 saturated carbocycles. The largest absolute Gasteiger partial charge is 0.396 e. The van der Waals surface area contributed by atoms with Gasteiger partial charge in [-0.1, -0.05) is 53.8 Å². The van der Waals surface area contributed by atoms with Gasteiger partial charge >= 0.3 is 0 Å². The van der Waals surface area contributed by atoms with Crippen LogP contribution in [0.5, 0.6) is 0 Å². The predicted octanol–water partition coefficient (Wildman–Crippen LogP) is 4.31. The van der Waals surface area contributed by atoms with Gasteiger partial charge in [0.1, 0.15) is 10.9 Å². The fourth-order valence-electron chi connectivity index (χ4n) is 2.82. The normalized spacial score (nSPS) is 12.6. The van der Waals surface area contributed by atoms with Gasteiger partial charge in [0.2, 0.25) is 0 Å². The Hall–Kier alpha value is -1.80. The maximum absolute atomic E-state index is 9.10. The van der Waals surface area contributed by atoms with Crippen molar-refractivity contribution in [1.29, 1.82) is 0 Å². The summed E-state index contributed by atoms with van der Waals surface area (Å²) in [6.45, 7) is 0.202. The van der Waals surface area contributed by atoms with Crippen LogP contribution in [0.15, 0.2) is 97.3 Å². The predicted molar refractivity (Wildman–Crippen MR) is 108 cm³/mol. The van der Waals surface area contributed by atoms with Gasteiger partial charge in [0.25, 0.3) is 0 Å². The molecule has 1 aliphatic heterocycles. The van der Waals surface area contributed by atoms with Gasteiger partial charge in [0, 0.05) is 6.61 Å². The molecule has 140 valence electrons. The topological polar surface area (TPSA) is 61.7 Å². The number of fused-ring (bicyclic) bond motifs is 2. The molecule has 0 amide bonds. The van der Waals surface area contributed by atoms with Gasteiger partial charge in [-0.25, -0.2) is 0 Å². The first-order valence-electron chi connectivity index (χ1n) is 8.50. The van der Waals surface area contributed by atoms with Gasteiger partial charge in [-0.15, -0.1) is 0 Å². The number of rotatable bonds is 4. The van der Waals surface area contributed by atoms with Crippen molar-refractivity contribution in [3.63, 3.8) is 0 Å². The average Bonchev–Trinajstić information content (AvgIpc) is 2.73. The molecular formula is C21H22NO3S2+. The summed E-state index contributed by atoms with van der Waals surface area (Å²) in [6, 6.07) is 26.2. The molecule has 0 fully saturated rings. The molecule has 3 aromatic carbocycles. The second kappa shape index (κ2) is 9.94. The fraction of sp³-hybridized carbons (Fsp3) is 0.143. The van der Waals surface area contributed by atoms with Crippen LogP contribution in [0.2, 0.25) is 0 Å². The summed E-state index contributed by atoms with van der Waals surface area (Å²) in [6.07, 6.45) is 0.719. The molecule has 4 rings (SSSR count). The number of benzene rings is 3. The summed E-state index contributed by atoms with van der Waals surface area (Å²) in [5, 5.41) is 16.5. The zero-order valence-electron chi connectivity index (χ0n) is 15.0. The smallest absolute Gasteiger partial charge is 0.180 e. The van der Waals surface area contributed by atoms with Gasteiger partial charge in [0.05, 0.1) is 16.9 Å². The number of hydrogen-bond acceptors (Lipinski definition) is 5. The Kier molecular flexibility index (Phi) is 7.34. The first kappa shape index (κ1) is 19.9. The minimum Gasteiger partial charge on any atom is -0.396 e. The number of aliphatic hydroxyl groups excluding tert-OH is 1. The maximum atomic E-state index is 9.10. The van der Waals surface area contributed by atoms with E-state index < -0.39 is 0 Å². The van der Waals surface area contributed by atoms with Crippen LogP contribution in [-0.4, -0.2) is 24.0 Å². The number of hydrogen-bond donors (Lipinski definition) is 3. The zero-order valence-corrected chi connectivity index (χ0v) is 16.6. The highest BCUT2D eigenvalue weighted by Crippen LogP contribution is 2.47. The van der Waals surface area contributed by atoms with Crippen LogP contribution in [0.25, 0.3) is 0 Å². The fourth-order valence-corrected chi connectivity index (χ4v) is 6.56. The van der Waals surface area contributed by atoms with Crippen LogP contribution < -0.4 is 5.64 Å². The minimum absolute atomic E-state index is 0.0535. The lowest BCUT2D eigenvalue weighted by atomic mass is 10.2. The Morgan fingerprint density at radius 2 is 1.41 bits per heavy atom. The van der Waals surface area contributed by atoms with E-state index >= 15 is 0 Å². The summed E-state index contributed by atoms with van der Waals surface area (Å²) in [5.74, 6) is 0. The number of nitrogens with one attached hydrogen (secondary N) is 1. The van der Waals surface area contributed by atoms with Gasteiger partial charge in [-0.3, -0.25) is 10.0 Å². The summed E-state index contributed by atoms with van der Waals surface area (Å²) < 4.78 is 0. The van der Waals surface area contributed by atoms with Crippen LogP contribution in [0.3, 0.4) is 0 Å². The standard InChI is InChI=1S/C20H17OS2.CH5NO2/c21-14-13-15-9-11-16(12-10-15)23-19-7-3-1-5-17(19)22-18-6-2-4-8-20(18)23;1-4-2-3/h1-12,21H,13-14H2;2-3H,1H3/q+1;. The Bertz CT molecular complexity index is 824. The summed E-state index contributed by atoms with van der Waals surface area (Å²) >= 11 is 1.87. The molecule has 0 atom stereocenters. The second-order valence-corrected chi connectivity index (χ2v) is 8.76. The highest BCUT2D eigenvalue weighted by molar-refractivity contribution is 8.04. The van der Waals surface area contributed by atoms with Crippen molar-refractivity contribution in [2.45, 2.75) is 30.9 Å². The van der Waals surface area contributed by atoms with Crippen molar-refractivity contribution >= 4 is 22.7 Å². The summed E-state index contributed by atoms with van der Waals surface area (Å²) in [7, 11) is 1.27. The molecule has 0 aromatic heterocycles. The third-order valence-corrected chi connectivity index (χ3v) is 7.75. The van der Waals surface area contributed by atoms with Gasteiger partial charge in [-0.2, -0.15) is 0 Å². The monoisotopic (exact) mass is 400 g/mol. The first-order valence-corrected chi connectivity index (χ1v) is 10.5. The molecule has 3 aromatic rings. The molecule has 1 heterocycles. The van der Waals surface area contributed by atoms with E-state index in [9.17, 15) is 0 Å². The minimum atomic E-state index is -0.0535. The van der Waals surface area contributed by atoms with Gasteiger partial charge in [0.15, 0.2) is 14.7 Å². The molecule has 4 nitrogen and oxygen atoms in total. The molecule has 0 unspecified atom stereocenters. The Morgan fingerprint density at radius 1 is 0.889 bits per heavy atom. The SMILES string of the molecule is CONO.OCCc1ccc([S+]2c3ccccc3Sc3ccccc32)cc1. The maximum Gasteiger partial charge on any atom is 0.180 e. The van der Waals surface area contributed by atoms with Crippen LogP contribution in [0.4, 0.5) is 0 Å². The molecule has 1 aliphatic rings. The molecule has 3 N–H and O–H groups in total. The molecule has 0 bridgehead atoms. The van der Waals surface area contributed by atoms with E-state index in [1.807, 2.05) is 11.8 Å². The average molecular weight is 401 g/mol. The first-order chi connectivity index (χ1) is 13.3. The lowest BCUT2D eigenvalue weighted by Gasteiger charge is -2.18. The zero-order chi connectivity index (χ0) is 19.1. The van der Waals surface area contributed by atoms with E-state index in [4.69, 9.17) is 10.3 Å². The van der Waals surface area contributed by atoms with Crippen LogP contribution in [0, 0.1) is 0 Å². The van der Waals surface area contributed by atoms with E-state index in [0.717, 1.165) is 6.42 Å². The summed E-state index contributed by atoms with van der Waals surface area (Å²) in [5.41, 5.74) is 2.62. The Labute approximate surface area is 166 Å². The van der Waals surface area contributed by atoms with Gasteiger partial charge < -0.3 is 5.11 Å². The molecule has 0 saturated heterocycles. The highest BCUT2D eigenvalue weighted by atomic mass is 32.2. The van der Waals surface area contributed by atoms with E-state index in [-0.39, 0.29) is 17.5 Å². The van der Waals surface area contributed by atoms with Crippen molar-refractivity contribution in [2.75, 3.05) is 13.7 Å². The molecule has 27 heavy (non-hydrogen) atoms. The Balaban J connectivity index is 0.000000481. The van der Waals surface area contributed by atoms with Crippen molar-refractivity contribution in [3.8, 4) is 0 Å². The van der Waals surface area contributed by atoms with E-state index in [1.54, 1.807) is 0 Å². The lowest BCUT2D eigenvalue weighted by molar-refractivity contribution is -0.101. The van der Waals surface area contributed by atoms with Crippen molar-refractivity contribution in [1.82, 2.24) is 5.64 Å². The molecule has 6 heteroatoms. The number of aliphatic hydroxyl groups is 1. The molecule has 0 aliphatic carbocycles. The third-order valence-electron chi connectivity index (χ3n) is 4.01. The second-order valence-electron chi connectivity index (χ2n) is 5.71. The quantitative estimate of drug-likeness (QED) is 0.352. The molecule has 0 spiro atoms. The Morgan fingerprint density at radius 3 is 1.89 bits per heavy atom. The van der Waals surface area contributed by atoms with E-state index in [1.165, 1.54) is 42.8 Å². The van der Waals surface area contributed by atoms with Crippen molar-refractivity contribution in [2.24, 2.45) is 0 Å². The highest BCUT2D eigenvalue weighted by Gasteiger charge is 2.37. The van der Waals surface area contributed by atoms with Crippen molar-refractivity contribution in [3.05, 3.63) is 78.4 Å². The van der Waals surface area contributed by atoms with Crippen LogP contribution in [0.1, 0.15) is 5.56 Å². The van der Waals surface area contributed by atoms with E-state index in [0.29, 0.717) is 0 Å². The van der Waals surface area contributed by atoms with Crippen molar-refractivity contribution < 1.29 is 15.2 Å². The molecular weight excluding hydrogens is 378 g/mol. The van der Waals surface area contributed by atoms with Crippen LogP contribution >= 0.6 is 11.8 Å².